The number of halogens is 3. The molecule has 0 saturated heterocycles. The Hall–Kier alpha value is -0.740. The minimum absolute atomic E-state index is 0.0294. The Labute approximate surface area is 149 Å². The van der Waals surface area contributed by atoms with Crippen molar-refractivity contribution in [1.29, 1.82) is 0 Å². The quantitative estimate of drug-likeness (QED) is 0.453. The van der Waals surface area contributed by atoms with E-state index in [2.05, 4.69) is 0 Å². The Morgan fingerprint density at radius 1 is 0.955 bits per heavy atom. The summed E-state index contributed by atoms with van der Waals surface area (Å²) in [4.78, 5) is 1.20. The molecule has 22 heavy (non-hydrogen) atoms. The molecule has 0 bridgehead atoms. The van der Waals surface area contributed by atoms with Crippen LogP contribution >= 0.6 is 46.6 Å². The first-order valence-corrected chi connectivity index (χ1v) is 8.87. The van der Waals surface area contributed by atoms with Crippen molar-refractivity contribution < 1.29 is 9.84 Å². The van der Waals surface area contributed by atoms with Crippen LogP contribution in [-0.2, 0) is 0 Å². The van der Waals surface area contributed by atoms with Gasteiger partial charge in [-0.05, 0) is 42.9 Å². The minimum atomic E-state index is 0.0294. The van der Waals surface area contributed by atoms with Gasteiger partial charge < -0.3 is 9.84 Å². The van der Waals surface area contributed by atoms with E-state index >= 15 is 0 Å². The first-order chi connectivity index (χ1) is 10.6. The largest absolute Gasteiger partial charge is 0.508 e. The van der Waals surface area contributed by atoms with Crippen molar-refractivity contribution in [2.75, 3.05) is 12.4 Å². The number of ether oxygens (including phenoxy) is 1. The fraction of sp³-hybridized carbons (Fsp3) is 0.250. The molecule has 6 heteroatoms. The number of benzene rings is 2. The number of thioether (sulfide) groups is 1. The molecule has 1 N–H and O–H groups in total. The summed E-state index contributed by atoms with van der Waals surface area (Å²) in [5.74, 6) is 1.45. The van der Waals surface area contributed by atoms with Crippen LogP contribution in [-0.4, -0.2) is 17.5 Å². The normalized spacial score (nSPS) is 10.7. The van der Waals surface area contributed by atoms with E-state index in [1.54, 1.807) is 11.8 Å². The van der Waals surface area contributed by atoms with Crippen molar-refractivity contribution in [2.24, 2.45) is 0 Å². The molecule has 0 aromatic heterocycles. The third-order valence-corrected chi connectivity index (χ3v) is 4.76. The van der Waals surface area contributed by atoms with E-state index in [0.29, 0.717) is 22.4 Å². The molecule has 2 nitrogen and oxygen atoms in total. The topological polar surface area (TPSA) is 29.5 Å². The van der Waals surface area contributed by atoms with E-state index < -0.39 is 0 Å². The number of phenolic OH excluding ortho intramolecular Hbond substituents is 1. The zero-order valence-corrected chi connectivity index (χ0v) is 14.8. The summed E-state index contributed by atoms with van der Waals surface area (Å²) in [5.41, 5.74) is 0. The van der Waals surface area contributed by atoms with Gasteiger partial charge in [0.2, 0.25) is 0 Å². The molecule has 0 saturated carbocycles. The number of unbranched alkanes of at least 4 members (excludes halogenated alkanes) is 1. The lowest BCUT2D eigenvalue weighted by Gasteiger charge is -2.10. The van der Waals surface area contributed by atoms with Gasteiger partial charge in [-0.2, -0.15) is 0 Å². The van der Waals surface area contributed by atoms with Gasteiger partial charge in [-0.25, -0.2) is 0 Å². The summed E-state index contributed by atoms with van der Waals surface area (Å²) in [7, 11) is 0. The standard InChI is InChI=1S/C16H15Cl3O2S/c17-11-3-5-13(6-4-11)22-8-2-1-7-21-16-14(18)9-12(20)10-15(16)19/h3-6,9-10,20H,1-2,7-8H2. The zero-order chi connectivity index (χ0) is 15.9. The highest BCUT2D eigenvalue weighted by atomic mass is 35.5. The van der Waals surface area contributed by atoms with Crippen LogP contribution < -0.4 is 4.74 Å². The molecule has 2 aromatic carbocycles. The van der Waals surface area contributed by atoms with Gasteiger partial charge in [0.15, 0.2) is 5.75 Å². The molecular weight excluding hydrogens is 363 g/mol. The highest BCUT2D eigenvalue weighted by Crippen LogP contribution is 2.36. The van der Waals surface area contributed by atoms with E-state index in [1.807, 2.05) is 24.3 Å². The van der Waals surface area contributed by atoms with E-state index in [0.717, 1.165) is 23.6 Å². The van der Waals surface area contributed by atoms with Gasteiger partial charge in [0.05, 0.1) is 16.7 Å². The summed E-state index contributed by atoms with van der Waals surface area (Å²) in [6, 6.07) is 10.6. The summed E-state index contributed by atoms with van der Waals surface area (Å²) in [6.07, 6.45) is 1.91. The molecule has 0 aliphatic rings. The van der Waals surface area contributed by atoms with Gasteiger partial charge in [0.25, 0.3) is 0 Å². The number of rotatable bonds is 7. The highest BCUT2D eigenvalue weighted by Gasteiger charge is 2.09. The Morgan fingerprint density at radius 2 is 1.59 bits per heavy atom. The van der Waals surface area contributed by atoms with Crippen molar-refractivity contribution in [3.8, 4) is 11.5 Å². The second-order valence-corrected chi connectivity index (χ2v) is 7.02. The van der Waals surface area contributed by atoms with E-state index in [1.165, 1.54) is 17.0 Å². The molecule has 0 aliphatic heterocycles. The summed E-state index contributed by atoms with van der Waals surface area (Å²) in [6.45, 7) is 0.533. The van der Waals surface area contributed by atoms with E-state index in [4.69, 9.17) is 39.5 Å². The fourth-order valence-corrected chi connectivity index (χ4v) is 3.41. The lowest BCUT2D eigenvalue weighted by Crippen LogP contribution is -1.99. The van der Waals surface area contributed by atoms with Crippen LogP contribution in [0.25, 0.3) is 0 Å². The van der Waals surface area contributed by atoms with Gasteiger partial charge in [-0.15, -0.1) is 11.8 Å². The minimum Gasteiger partial charge on any atom is -0.508 e. The van der Waals surface area contributed by atoms with Crippen molar-refractivity contribution in [2.45, 2.75) is 17.7 Å². The third kappa shape index (κ3) is 5.47. The molecule has 0 radical (unpaired) electrons. The first-order valence-electron chi connectivity index (χ1n) is 6.75. The molecule has 0 unspecified atom stereocenters. The van der Waals surface area contributed by atoms with Crippen LogP contribution in [0.15, 0.2) is 41.3 Å². The Kier molecular flexibility index (Phi) is 7.03. The second kappa shape index (κ2) is 8.78. The lowest BCUT2D eigenvalue weighted by atomic mass is 10.3. The number of hydrogen-bond donors (Lipinski definition) is 1. The maximum absolute atomic E-state index is 9.35. The van der Waals surface area contributed by atoms with Crippen LogP contribution in [0.1, 0.15) is 12.8 Å². The van der Waals surface area contributed by atoms with Gasteiger partial charge in [-0.1, -0.05) is 34.8 Å². The predicted octanol–water partition coefficient (Wildman–Crippen LogP) is 6.30. The Balaban J connectivity index is 1.68. The zero-order valence-electron chi connectivity index (χ0n) is 11.7. The molecule has 0 spiro atoms. The summed E-state index contributed by atoms with van der Waals surface area (Å²) in [5, 5.41) is 10.7. The highest BCUT2D eigenvalue weighted by molar-refractivity contribution is 7.99. The molecule has 2 aromatic rings. The Bertz CT molecular complexity index is 594. The Morgan fingerprint density at radius 3 is 2.23 bits per heavy atom. The number of aromatic hydroxyl groups is 1. The monoisotopic (exact) mass is 376 g/mol. The smallest absolute Gasteiger partial charge is 0.156 e. The number of phenols is 1. The summed E-state index contributed by atoms with van der Waals surface area (Å²) < 4.78 is 5.59. The predicted molar refractivity (Wildman–Crippen MR) is 95.0 cm³/mol. The van der Waals surface area contributed by atoms with Crippen molar-refractivity contribution in [1.82, 2.24) is 0 Å². The molecular formula is C16H15Cl3O2S. The molecule has 0 fully saturated rings. The summed E-state index contributed by atoms with van der Waals surface area (Å²) >= 11 is 19.6. The van der Waals surface area contributed by atoms with Gasteiger partial charge in [-0.3, -0.25) is 0 Å². The van der Waals surface area contributed by atoms with Crippen LogP contribution in [0.5, 0.6) is 11.5 Å². The fourth-order valence-electron chi connectivity index (χ4n) is 1.78. The van der Waals surface area contributed by atoms with Gasteiger partial charge in [0.1, 0.15) is 5.75 Å². The average molecular weight is 378 g/mol. The van der Waals surface area contributed by atoms with Crippen molar-refractivity contribution >= 4 is 46.6 Å². The van der Waals surface area contributed by atoms with Crippen LogP contribution in [0.4, 0.5) is 0 Å². The number of hydrogen-bond acceptors (Lipinski definition) is 3. The average Bonchev–Trinajstić information content (AvgIpc) is 2.46. The molecule has 0 amide bonds. The van der Waals surface area contributed by atoms with Crippen LogP contribution in [0.2, 0.25) is 15.1 Å². The lowest BCUT2D eigenvalue weighted by molar-refractivity contribution is 0.309. The molecule has 0 atom stereocenters. The molecule has 0 heterocycles. The van der Waals surface area contributed by atoms with Crippen LogP contribution in [0, 0.1) is 0 Å². The molecule has 0 aliphatic carbocycles. The van der Waals surface area contributed by atoms with E-state index in [9.17, 15) is 5.11 Å². The van der Waals surface area contributed by atoms with Gasteiger partial charge >= 0.3 is 0 Å². The maximum atomic E-state index is 9.35. The van der Waals surface area contributed by atoms with Crippen molar-refractivity contribution in [3.05, 3.63) is 51.5 Å². The SMILES string of the molecule is Oc1cc(Cl)c(OCCCCSc2ccc(Cl)cc2)c(Cl)c1. The first kappa shape index (κ1) is 17.6. The van der Waals surface area contributed by atoms with Crippen LogP contribution in [0.3, 0.4) is 0 Å². The maximum Gasteiger partial charge on any atom is 0.156 e. The van der Waals surface area contributed by atoms with Gasteiger partial charge in [0, 0.05) is 22.1 Å². The van der Waals surface area contributed by atoms with E-state index in [-0.39, 0.29) is 5.75 Å². The molecule has 2 rings (SSSR count). The second-order valence-electron chi connectivity index (χ2n) is 4.60. The molecule has 118 valence electrons. The van der Waals surface area contributed by atoms with Crippen molar-refractivity contribution in [3.63, 3.8) is 0 Å². The third-order valence-electron chi connectivity index (χ3n) is 2.85.